The molecular formula is C17H20IN3. The molecule has 0 aliphatic heterocycles. The van der Waals surface area contributed by atoms with Crippen molar-refractivity contribution in [1.82, 2.24) is 9.97 Å². The maximum absolute atomic E-state index is 6.13. The van der Waals surface area contributed by atoms with Crippen molar-refractivity contribution >= 4 is 28.4 Å². The zero-order valence-corrected chi connectivity index (χ0v) is 14.6. The van der Waals surface area contributed by atoms with Crippen LogP contribution in [0.15, 0.2) is 24.3 Å². The van der Waals surface area contributed by atoms with Gasteiger partial charge in [0.05, 0.1) is 9.26 Å². The van der Waals surface area contributed by atoms with Crippen LogP contribution in [0, 0.1) is 9.49 Å². The van der Waals surface area contributed by atoms with E-state index in [0.29, 0.717) is 17.7 Å². The van der Waals surface area contributed by atoms with Crippen molar-refractivity contribution in [1.29, 1.82) is 0 Å². The Morgan fingerprint density at radius 1 is 1.29 bits per heavy atom. The van der Waals surface area contributed by atoms with Gasteiger partial charge in [0.1, 0.15) is 11.6 Å². The van der Waals surface area contributed by atoms with Gasteiger partial charge in [0.25, 0.3) is 0 Å². The van der Waals surface area contributed by atoms with Crippen LogP contribution < -0.4 is 5.73 Å². The summed E-state index contributed by atoms with van der Waals surface area (Å²) in [6, 6.07) is 8.61. The maximum atomic E-state index is 6.13. The van der Waals surface area contributed by atoms with Crippen molar-refractivity contribution in [2.24, 2.45) is 5.92 Å². The highest BCUT2D eigenvalue weighted by Crippen LogP contribution is 2.37. The van der Waals surface area contributed by atoms with E-state index in [1.807, 2.05) is 0 Å². The van der Waals surface area contributed by atoms with E-state index in [0.717, 1.165) is 34.4 Å². The summed E-state index contributed by atoms with van der Waals surface area (Å²) < 4.78 is 1.01. The number of aryl methyl sites for hydroxylation is 1. The van der Waals surface area contributed by atoms with Crippen LogP contribution in [0.5, 0.6) is 0 Å². The third kappa shape index (κ3) is 2.91. The molecule has 3 nitrogen and oxygen atoms in total. The topological polar surface area (TPSA) is 51.8 Å². The first-order chi connectivity index (χ1) is 10.1. The van der Waals surface area contributed by atoms with Gasteiger partial charge < -0.3 is 5.73 Å². The number of aromatic nitrogens is 2. The van der Waals surface area contributed by atoms with Crippen molar-refractivity contribution < 1.29 is 0 Å². The van der Waals surface area contributed by atoms with Crippen LogP contribution in [0.3, 0.4) is 0 Å². The van der Waals surface area contributed by atoms with Gasteiger partial charge in [0.15, 0.2) is 0 Å². The summed E-state index contributed by atoms with van der Waals surface area (Å²) in [6.45, 7) is 4.41. The lowest BCUT2D eigenvalue weighted by atomic mass is 10.00. The molecule has 3 rings (SSSR count). The minimum absolute atomic E-state index is 0.298. The Morgan fingerprint density at radius 3 is 2.81 bits per heavy atom. The van der Waals surface area contributed by atoms with Gasteiger partial charge in [-0.3, -0.25) is 0 Å². The molecule has 0 saturated heterocycles. The van der Waals surface area contributed by atoms with E-state index in [9.17, 15) is 0 Å². The van der Waals surface area contributed by atoms with Gasteiger partial charge in [0.2, 0.25) is 0 Å². The Morgan fingerprint density at radius 2 is 2.05 bits per heavy atom. The first-order valence-corrected chi connectivity index (χ1v) is 8.53. The number of anilines is 1. The summed E-state index contributed by atoms with van der Waals surface area (Å²) in [4.78, 5) is 9.44. The zero-order chi connectivity index (χ0) is 15.0. The van der Waals surface area contributed by atoms with Gasteiger partial charge in [-0.05, 0) is 58.9 Å². The Hall–Kier alpha value is -1.17. The molecule has 0 bridgehead atoms. The molecule has 0 amide bonds. The Kier molecular flexibility index (Phi) is 4.15. The summed E-state index contributed by atoms with van der Waals surface area (Å²) in [5.74, 6) is 2.39. The molecule has 4 heteroatoms. The van der Waals surface area contributed by atoms with Crippen LogP contribution in [0.2, 0.25) is 0 Å². The molecule has 1 aliphatic rings. The third-order valence-corrected chi connectivity index (χ3v) is 5.18. The minimum atomic E-state index is 0.298. The standard InChI is InChI=1S/C17H20IN3/c1-10(2)9-14-15(18)16(19)21-17(20-14)13-8-7-11-5-3-4-6-12(11)13/h3-6,10,13H,7-9H2,1-2H3,(H2,19,20,21). The zero-order valence-electron chi connectivity index (χ0n) is 12.4. The van der Waals surface area contributed by atoms with Gasteiger partial charge >= 0.3 is 0 Å². The fourth-order valence-corrected chi connectivity index (χ4v) is 3.50. The fraction of sp³-hybridized carbons (Fsp3) is 0.412. The van der Waals surface area contributed by atoms with Crippen LogP contribution in [0.25, 0.3) is 0 Å². The van der Waals surface area contributed by atoms with Crippen LogP contribution in [-0.4, -0.2) is 9.97 Å². The predicted octanol–water partition coefficient (Wildman–Crippen LogP) is 3.94. The molecular weight excluding hydrogens is 373 g/mol. The van der Waals surface area contributed by atoms with Gasteiger partial charge in [-0.2, -0.15) is 0 Å². The predicted molar refractivity (Wildman–Crippen MR) is 94.3 cm³/mol. The summed E-state index contributed by atoms with van der Waals surface area (Å²) in [7, 11) is 0. The highest BCUT2D eigenvalue weighted by atomic mass is 127. The number of benzene rings is 1. The Bertz CT molecular complexity index is 667. The van der Waals surface area contributed by atoms with Crippen LogP contribution in [0.1, 0.15) is 48.8 Å². The number of nitrogen functional groups attached to an aromatic ring is 1. The second-order valence-electron chi connectivity index (χ2n) is 6.12. The lowest BCUT2D eigenvalue weighted by Gasteiger charge is -2.15. The van der Waals surface area contributed by atoms with E-state index in [2.05, 4.69) is 65.7 Å². The number of nitrogens with zero attached hydrogens (tertiary/aromatic N) is 2. The van der Waals surface area contributed by atoms with Gasteiger partial charge in [-0.15, -0.1) is 0 Å². The molecule has 0 fully saturated rings. The minimum Gasteiger partial charge on any atom is -0.383 e. The number of rotatable bonds is 3. The van der Waals surface area contributed by atoms with E-state index in [1.54, 1.807) is 0 Å². The summed E-state index contributed by atoms with van der Waals surface area (Å²) in [5.41, 5.74) is 10.0. The molecule has 1 heterocycles. The quantitative estimate of drug-likeness (QED) is 0.804. The van der Waals surface area contributed by atoms with Crippen molar-refractivity contribution in [3.63, 3.8) is 0 Å². The maximum Gasteiger partial charge on any atom is 0.140 e. The van der Waals surface area contributed by atoms with Gasteiger partial charge in [-0.1, -0.05) is 38.1 Å². The first kappa shape index (κ1) is 14.8. The number of nitrogens with two attached hydrogens (primary N) is 1. The molecule has 110 valence electrons. The molecule has 0 spiro atoms. The monoisotopic (exact) mass is 393 g/mol. The largest absolute Gasteiger partial charge is 0.383 e. The molecule has 0 radical (unpaired) electrons. The summed E-state index contributed by atoms with van der Waals surface area (Å²) >= 11 is 2.27. The van der Waals surface area contributed by atoms with Crippen molar-refractivity contribution in [2.45, 2.75) is 39.0 Å². The Balaban J connectivity index is 2.02. The first-order valence-electron chi connectivity index (χ1n) is 7.46. The fourth-order valence-electron chi connectivity index (χ4n) is 3.04. The second kappa shape index (κ2) is 5.91. The smallest absolute Gasteiger partial charge is 0.140 e. The highest BCUT2D eigenvalue weighted by Gasteiger charge is 2.27. The van der Waals surface area contributed by atoms with E-state index >= 15 is 0 Å². The molecule has 1 aromatic heterocycles. The molecule has 1 unspecified atom stereocenters. The number of hydrogen-bond donors (Lipinski definition) is 1. The van der Waals surface area contributed by atoms with E-state index < -0.39 is 0 Å². The molecule has 2 aromatic rings. The molecule has 21 heavy (non-hydrogen) atoms. The van der Waals surface area contributed by atoms with E-state index in [1.165, 1.54) is 11.1 Å². The van der Waals surface area contributed by atoms with E-state index in [4.69, 9.17) is 10.7 Å². The van der Waals surface area contributed by atoms with Gasteiger partial charge in [0, 0.05) is 5.92 Å². The molecule has 1 atom stereocenters. The average Bonchev–Trinajstić information content (AvgIpc) is 2.87. The highest BCUT2D eigenvalue weighted by molar-refractivity contribution is 14.1. The lowest BCUT2D eigenvalue weighted by Crippen LogP contribution is -2.12. The molecule has 2 N–H and O–H groups in total. The van der Waals surface area contributed by atoms with E-state index in [-0.39, 0.29) is 0 Å². The lowest BCUT2D eigenvalue weighted by molar-refractivity contribution is 0.621. The summed E-state index contributed by atoms with van der Waals surface area (Å²) in [5, 5.41) is 0. The van der Waals surface area contributed by atoms with Gasteiger partial charge in [-0.25, -0.2) is 9.97 Å². The van der Waals surface area contributed by atoms with Crippen LogP contribution in [-0.2, 0) is 12.8 Å². The molecule has 1 aliphatic carbocycles. The Labute approximate surface area is 139 Å². The molecule has 1 aromatic carbocycles. The van der Waals surface area contributed by atoms with Crippen molar-refractivity contribution in [3.8, 4) is 0 Å². The number of hydrogen-bond acceptors (Lipinski definition) is 3. The molecule has 0 saturated carbocycles. The number of fused-ring (bicyclic) bond motifs is 1. The summed E-state index contributed by atoms with van der Waals surface area (Å²) in [6.07, 6.45) is 3.14. The average molecular weight is 393 g/mol. The SMILES string of the molecule is CC(C)Cc1nc(C2CCc3ccccc32)nc(N)c1I. The second-order valence-corrected chi connectivity index (χ2v) is 7.19. The van der Waals surface area contributed by atoms with Crippen LogP contribution in [0.4, 0.5) is 5.82 Å². The van der Waals surface area contributed by atoms with Crippen LogP contribution >= 0.6 is 22.6 Å². The number of halogens is 1. The van der Waals surface area contributed by atoms with Crippen molar-refractivity contribution in [2.75, 3.05) is 5.73 Å². The van der Waals surface area contributed by atoms with Crippen molar-refractivity contribution in [3.05, 3.63) is 50.5 Å². The normalized spacial score (nSPS) is 17.2. The third-order valence-electron chi connectivity index (χ3n) is 4.01.